The minimum absolute atomic E-state index is 0.0561. The lowest BCUT2D eigenvalue weighted by atomic mass is 10.1. The summed E-state index contributed by atoms with van der Waals surface area (Å²) in [5, 5.41) is 0. The van der Waals surface area contributed by atoms with E-state index < -0.39 is 0 Å². The van der Waals surface area contributed by atoms with Gasteiger partial charge < -0.3 is 4.90 Å². The maximum atomic E-state index is 12.1. The van der Waals surface area contributed by atoms with Gasteiger partial charge in [0.1, 0.15) is 0 Å². The molecule has 1 aromatic rings. The second-order valence-electron chi connectivity index (χ2n) is 4.18. The van der Waals surface area contributed by atoms with Gasteiger partial charge in [0.05, 0.1) is 0 Å². The molecule has 0 fully saturated rings. The molecule has 0 spiro atoms. The molecule has 1 rings (SSSR count). The number of carbonyl (C=O) groups excluding carboxylic acids is 1. The van der Waals surface area contributed by atoms with Gasteiger partial charge in [0.2, 0.25) is 0 Å². The molecular weight excluding hydrogens is 186 g/mol. The van der Waals surface area contributed by atoms with Gasteiger partial charge in [0, 0.05) is 17.6 Å². The molecule has 0 aliphatic rings. The monoisotopic (exact) mass is 204 g/mol. The first kappa shape index (κ1) is 11.8. The average Bonchev–Trinajstić information content (AvgIpc) is 2.18. The van der Waals surface area contributed by atoms with Crippen molar-refractivity contribution in [2.45, 2.75) is 39.8 Å². The molecule has 1 amide bonds. The first-order valence-corrected chi connectivity index (χ1v) is 5.33. The Morgan fingerprint density at radius 3 is 2.20 bits per heavy atom. The zero-order valence-electron chi connectivity index (χ0n) is 9.82. The third-order valence-corrected chi connectivity index (χ3v) is 2.29. The molecule has 1 radical (unpaired) electrons. The van der Waals surface area contributed by atoms with Crippen molar-refractivity contribution in [2.24, 2.45) is 0 Å². The van der Waals surface area contributed by atoms with Gasteiger partial charge in [-0.3, -0.25) is 4.79 Å². The van der Waals surface area contributed by atoms with E-state index in [9.17, 15) is 4.79 Å². The molecule has 1 aromatic carbocycles. The number of carbonyl (C=O) groups is 1. The highest BCUT2D eigenvalue weighted by molar-refractivity contribution is 5.94. The summed E-state index contributed by atoms with van der Waals surface area (Å²) in [5.41, 5.74) is 0.639. The van der Waals surface area contributed by atoms with Crippen LogP contribution in [0.4, 0.5) is 0 Å². The molecule has 0 N–H and O–H groups in total. The fourth-order valence-electron chi connectivity index (χ4n) is 1.73. The summed E-state index contributed by atoms with van der Waals surface area (Å²) < 4.78 is 0. The van der Waals surface area contributed by atoms with Crippen LogP contribution in [0.3, 0.4) is 0 Å². The van der Waals surface area contributed by atoms with Crippen LogP contribution in [-0.4, -0.2) is 22.9 Å². The Bertz CT molecular complexity index is 309. The molecule has 0 bridgehead atoms. The van der Waals surface area contributed by atoms with Gasteiger partial charge in [0.15, 0.2) is 0 Å². The van der Waals surface area contributed by atoms with Crippen molar-refractivity contribution >= 4 is 5.91 Å². The minimum Gasteiger partial charge on any atom is -0.334 e. The Kier molecular flexibility index (Phi) is 3.89. The molecule has 81 valence electrons. The molecule has 0 heterocycles. The minimum atomic E-state index is 0.0561. The molecule has 0 aromatic heterocycles. The summed E-state index contributed by atoms with van der Waals surface area (Å²) in [6.45, 7) is 8.11. The highest BCUT2D eigenvalue weighted by Crippen LogP contribution is 2.11. The fourth-order valence-corrected chi connectivity index (χ4v) is 1.73. The predicted molar refractivity (Wildman–Crippen MR) is 61.7 cm³/mol. The number of amides is 1. The number of nitrogens with zero attached hydrogens (tertiary/aromatic N) is 1. The first-order valence-electron chi connectivity index (χ1n) is 5.33. The molecule has 0 saturated carbocycles. The lowest BCUT2D eigenvalue weighted by molar-refractivity contribution is 0.0643. The number of hydrogen-bond acceptors (Lipinski definition) is 1. The summed E-state index contributed by atoms with van der Waals surface area (Å²) in [4.78, 5) is 14.0. The molecule has 0 aliphatic carbocycles. The van der Waals surface area contributed by atoms with Crippen molar-refractivity contribution in [1.82, 2.24) is 4.90 Å². The standard InChI is InChI=1S/C13H18NO/c1-10(2)14(11(3)4)13(15)12-8-6-5-7-9-12/h5-8,10-11H,1-4H3. The van der Waals surface area contributed by atoms with Crippen molar-refractivity contribution in [3.8, 4) is 0 Å². The zero-order valence-corrected chi connectivity index (χ0v) is 9.82. The summed E-state index contributed by atoms with van der Waals surface area (Å²) in [6, 6.07) is 10.7. The third-order valence-electron chi connectivity index (χ3n) is 2.29. The number of rotatable bonds is 3. The van der Waals surface area contributed by atoms with Gasteiger partial charge >= 0.3 is 0 Å². The van der Waals surface area contributed by atoms with Crippen LogP contribution in [0.2, 0.25) is 0 Å². The average molecular weight is 204 g/mol. The lowest BCUT2D eigenvalue weighted by Gasteiger charge is -2.30. The van der Waals surface area contributed by atoms with Gasteiger partial charge in [-0.2, -0.15) is 0 Å². The van der Waals surface area contributed by atoms with Crippen LogP contribution in [-0.2, 0) is 0 Å². The van der Waals surface area contributed by atoms with Crippen molar-refractivity contribution in [2.75, 3.05) is 0 Å². The van der Waals surface area contributed by atoms with Gasteiger partial charge in [0.25, 0.3) is 5.91 Å². The van der Waals surface area contributed by atoms with Crippen LogP contribution in [0.15, 0.2) is 24.3 Å². The quantitative estimate of drug-likeness (QED) is 0.741. The molecule has 0 aliphatic heterocycles. The molecule has 2 nitrogen and oxygen atoms in total. The SMILES string of the molecule is CC(C)N(C(=O)c1[c]cccc1)C(C)C. The van der Waals surface area contributed by atoms with E-state index in [1.807, 2.05) is 44.7 Å². The topological polar surface area (TPSA) is 20.3 Å². The Hall–Kier alpha value is -1.31. The van der Waals surface area contributed by atoms with E-state index in [0.29, 0.717) is 5.56 Å². The molecule has 0 unspecified atom stereocenters. The predicted octanol–water partition coefficient (Wildman–Crippen LogP) is 2.75. The summed E-state index contributed by atoms with van der Waals surface area (Å²) in [7, 11) is 0. The summed E-state index contributed by atoms with van der Waals surface area (Å²) in [6.07, 6.45) is 0. The van der Waals surface area contributed by atoms with Gasteiger partial charge in [-0.1, -0.05) is 18.2 Å². The second kappa shape index (κ2) is 4.96. The van der Waals surface area contributed by atoms with Crippen LogP contribution < -0.4 is 0 Å². The number of hydrogen-bond donors (Lipinski definition) is 0. The molecule has 0 saturated heterocycles. The van der Waals surface area contributed by atoms with E-state index >= 15 is 0 Å². The van der Waals surface area contributed by atoms with Gasteiger partial charge in [-0.15, -0.1) is 0 Å². The maximum absolute atomic E-state index is 12.1. The Labute approximate surface area is 91.9 Å². The van der Waals surface area contributed by atoms with Gasteiger partial charge in [-0.05, 0) is 39.8 Å². The molecule has 15 heavy (non-hydrogen) atoms. The second-order valence-corrected chi connectivity index (χ2v) is 4.18. The Balaban J connectivity index is 2.92. The van der Waals surface area contributed by atoms with Crippen molar-refractivity contribution in [1.29, 1.82) is 0 Å². The van der Waals surface area contributed by atoms with E-state index in [0.717, 1.165) is 0 Å². The van der Waals surface area contributed by atoms with Crippen LogP contribution in [0, 0.1) is 6.07 Å². The van der Waals surface area contributed by atoms with Crippen LogP contribution in [0.5, 0.6) is 0 Å². The van der Waals surface area contributed by atoms with E-state index in [2.05, 4.69) is 6.07 Å². The van der Waals surface area contributed by atoms with Gasteiger partial charge in [-0.25, -0.2) is 0 Å². The van der Waals surface area contributed by atoms with Crippen LogP contribution >= 0.6 is 0 Å². The Morgan fingerprint density at radius 2 is 1.80 bits per heavy atom. The Morgan fingerprint density at radius 1 is 1.20 bits per heavy atom. The van der Waals surface area contributed by atoms with E-state index in [-0.39, 0.29) is 18.0 Å². The van der Waals surface area contributed by atoms with Crippen molar-refractivity contribution < 1.29 is 4.79 Å². The number of benzene rings is 1. The molecule has 0 atom stereocenters. The van der Waals surface area contributed by atoms with Crippen molar-refractivity contribution in [3.05, 3.63) is 35.9 Å². The van der Waals surface area contributed by atoms with E-state index in [1.165, 1.54) is 0 Å². The fraction of sp³-hybridized carbons (Fsp3) is 0.462. The lowest BCUT2D eigenvalue weighted by Crippen LogP contribution is -2.42. The molecule has 2 heteroatoms. The van der Waals surface area contributed by atoms with E-state index in [4.69, 9.17) is 0 Å². The largest absolute Gasteiger partial charge is 0.334 e. The summed E-state index contributed by atoms with van der Waals surface area (Å²) in [5.74, 6) is 0.0561. The maximum Gasteiger partial charge on any atom is 0.254 e. The smallest absolute Gasteiger partial charge is 0.254 e. The highest BCUT2D eigenvalue weighted by Gasteiger charge is 2.20. The van der Waals surface area contributed by atoms with Crippen LogP contribution in [0.25, 0.3) is 0 Å². The zero-order chi connectivity index (χ0) is 11.4. The normalized spacial score (nSPS) is 10.8. The highest BCUT2D eigenvalue weighted by atomic mass is 16.2. The third kappa shape index (κ3) is 2.82. The summed E-state index contributed by atoms with van der Waals surface area (Å²) >= 11 is 0. The van der Waals surface area contributed by atoms with E-state index in [1.54, 1.807) is 12.1 Å². The molecular formula is C13H18NO. The van der Waals surface area contributed by atoms with Crippen LogP contribution in [0.1, 0.15) is 38.1 Å². The van der Waals surface area contributed by atoms with Crippen molar-refractivity contribution in [3.63, 3.8) is 0 Å². The first-order chi connectivity index (χ1) is 7.04.